The minimum atomic E-state index is 0.417. The lowest BCUT2D eigenvalue weighted by molar-refractivity contribution is 0.867. The van der Waals surface area contributed by atoms with Crippen molar-refractivity contribution in [3.63, 3.8) is 0 Å². The number of aromatic nitrogens is 2. The van der Waals surface area contributed by atoms with Gasteiger partial charge in [-0.2, -0.15) is 4.98 Å². The van der Waals surface area contributed by atoms with Crippen LogP contribution >= 0.6 is 15.9 Å². The third-order valence-electron chi connectivity index (χ3n) is 2.95. The molecule has 1 heterocycles. The summed E-state index contributed by atoms with van der Waals surface area (Å²) >= 11 is 3.55. The molecule has 0 radical (unpaired) electrons. The summed E-state index contributed by atoms with van der Waals surface area (Å²) in [6.07, 6.45) is 9.98. The number of anilines is 2. The van der Waals surface area contributed by atoms with Gasteiger partial charge in [0, 0.05) is 28.8 Å². The Hall–Kier alpha value is -1.40. The van der Waals surface area contributed by atoms with Gasteiger partial charge in [0.25, 0.3) is 0 Å². The highest BCUT2D eigenvalue weighted by Gasteiger charge is 2.07. The number of nitrogens with zero attached hydrogens (tertiary/aromatic N) is 2. The van der Waals surface area contributed by atoms with E-state index in [0.717, 1.165) is 36.5 Å². The normalized spacial score (nSPS) is 17.8. The predicted octanol–water partition coefficient (Wildman–Crippen LogP) is 2.56. The Bertz CT molecular complexity index is 512. The number of allylic oxidation sites excluding steroid dienone is 3. The molecule has 0 saturated heterocycles. The molecule has 4 N–H and O–H groups in total. The van der Waals surface area contributed by atoms with Crippen molar-refractivity contribution in [3.8, 4) is 0 Å². The van der Waals surface area contributed by atoms with Crippen LogP contribution in [-0.4, -0.2) is 27.9 Å². The number of nitrogens with one attached hydrogen (secondary N) is 2. The molecule has 1 unspecified atom stereocenters. The van der Waals surface area contributed by atoms with Gasteiger partial charge >= 0.3 is 0 Å². The van der Waals surface area contributed by atoms with Crippen LogP contribution in [0.4, 0.5) is 11.8 Å². The van der Waals surface area contributed by atoms with Crippen LogP contribution in [0.15, 0.2) is 30.1 Å². The first-order valence-electron chi connectivity index (χ1n) is 6.76. The van der Waals surface area contributed by atoms with Crippen LogP contribution < -0.4 is 16.4 Å². The summed E-state index contributed by atoms with van der Waals surface area (Å²) in [4.78, 5) is 9.22. The van der Waals surface area contributed by atoms with E-state index in [2.05, 4.69) is 48.7 Å². The zero-order valence-electron chi connectivity index (χ0n) is 11.6. The number of hydrogen-bond acceptors (Lipinski definition) is 5. The van der Waals surface area contributed by atoms with Crippen LogP contribution in [0.1, 0.15) is 18.4 Å². The molecule has 20 heavy (non-hydrogen) atoms. The van der Waals surface area contributed by atoms with E-state index in [1.165, 1.54) is 0 Å². The molecule has 5 nitrogen and oxygen atoms in total. The topological polar surface area (TPSA) is 75.9 Å². The molecular formula is C14H20BrN5. The summed E-state index contributed by atoms with van der Waals surface area (Å²) in [6.45, 7) is 3.49. The molecule has 1 atom stereocenters. The number of alkyl halides is 1. The molecule has 1 aliphatic rings. The molecule has 1 aromatic heterocycles. The van der Waals surface area contributed by atoms with Gasteiger partial charge in [0.1, 0.15) is 5.82 Å². The third kappa shape index (κ3) is 4.31. The van der Waals surface area contributed by atoms with Crippen LogP contribution in [0.5, 0.6) is 0 Å². The lowest BCUT2D eigenvalue weighted by Gasteiger charge is -2.13. The van der Waals surface area contributed by atoms with Crippen molar-refractivity contribution in [3.05, 3.63) is 35.7 Å². The summed E-state index contributed by atoms with van der Waals surface area (Å²) in [5, 5.41) is 6.51. The van der Waals surface area contributed by atoms with E-state index in [1.807, 2.05) is 19.2 Å². The average Bonchev–Trinajstić information content (AvgIpc) is 2.45. The van der Waals surface area contributed by atoms with Crippen molar-refractivity contribution in [1.82, 2.24) is 9.97 Å². The van der Waals surface area contributed by atoms with E-state index < -0.39 is 0 Å². The van der Waals surface area contributed by atoms with Gasteiger partial charge in [-0.1, -0.05) is 28.1 Å². The molecule has 0 bridgehead atoms. The van der Waals surface area contributed by atoms with E-state index in [9.17, 15) is 0 Å². The quantitative estimate of drug-likeness (QED) is 0.549. The fourth-order valence-corrected chi connectivity index (χ4v) is 2.15. The number of rotatable bonds is 6. The molecule has 1 aromatic rings. The number of aryl methyl sites for hydroxylation is 1. The highest BCUT2D eigenvalue weighted by molar-refractivity contribution is 9.09. The largest absolute Gasteiger partial charge is 0.370 e. The highest BCUT2D eigenvalue weighted by atomic mass is 79.9. The Morgan fingerprint density at radius 3 is 3.05 bits per heavy atom. The summed E-state index contributed by atoms with van der Waals surface area (Å²) in [5.41, 5.74) is 7.55. The Kier molecular flexibility index (Phi) is 5.55. The SMILES string of the molecule is Cc1cnc(NC2=CCC(Br)C=C2)nc1NCCCN. The molecule has 0 aliphatic heterocycles. The molecule has 1 aliphatic carbocycles. The van der Waals surface area contributed by atoms with Crippen molar-refractivity contribution in [2.45, 2.75) is 24.6 Å². The minimum Gasteiger partial charge on any atom is -0.370 e. The monoisotopic (exact) mass is 337 g/mol. The van der Waals surface area contributed by atoms with Gasteiger partial charge in [0.2, 0.25) is 5.95 Å². The van der Waals surface area contributed by atoms with Gasteiger partial charge in [-0.15, -0.1) is 0 Å². The van der Waals surface area contributed by atoms with Gasteiger partial charge in [-0.3, -0.25) is 0 Å². The van der Waals surface area contributed by atoms with Gasteiger partial charge < -0.3 is 16.4 Å². The zero-order valence-corrected chi connectivity index (χ0v) is 13.2. The molecule has 0 aromatic carbocycles. The maximum atomic E-state index is 5.49. The zero-order chi connectivity index (χ0) is 14.4. The summed E-state index contributed by atoms with van der Waals surface area (Å²) < 4.78 is 0. The fourth-order valence-electron chi connectivity index (χ4n) is 1.81. The second kappa shape index (κ2) is 7.40. The first-order valence-corrected chi connectivity index (χ1v) is 7.67. The first kappa shape index (κ1) is 15.0. The molecule has 108 valence electrons. The smallest absolute Gasteiger partial charge is 0.229 e. The Balaban J connectivity index is 2.02. The van der Waals surface area contributed by atoms with Crippen LogP contribution in [0.3, 0.4) is 0 Å². The van der Waals surface area contributed by atoms with Gasteiger partial charge in [-0.25, -0.2) is 4.98 Å². The molecule has 2 rings (SSSR count). The minimum absolute atomic E-state index is 0.417. The second-order valence-corrected chi connectivity index (χ2v) is 5.87. The lowest BCUT2D eigenvalue weighted by atomic mass is 10.1. The van der Waals surface area contributed by atoms with Gasteiger partial charge in [0.05, 0.1) is 0 Å². The van der Waals surface area contributed by atoms with Crippen molar-refractivity contribution in [2.24, 2.45) is 5.73 Å². The van der Waals surface area contributed by atoms with E-state index in [4.69, 9.17) is 5.73 Å². The molecule has 0 spiro atoms. The van der Waals surface area contributed by atoms with Crippen LogP contribution in [0, 0.1) is 6.92 Å². The number of nitrogens with two attached hydrogens (primary N) is 1. The fraction of sp³-hybridized carbons (Fsp3) is 0.429. The molecule has 0 amide bonds. The van der Waals surface area contributed by atoms with Crippen LogP contribution in [0.2, 0.25) is 0 Å². The maximum absolute atomic E-state index is 5.49. The molecular weight excluding hydrogens is 318 g/mol. The van der Waals surface area contributed by atoms with Crippen LogP contribution in [0.25, 0.3) is 0 Å². The molecule has 0 fully saturated rings. The summed E-state index contributed by atoms with van der Waals surface area (Å²) in [6, 6.07) is 0. The summed E-state index contributed by atoms with van der Waals surface area (Å²) in [7, 11) is 0. The van der Waals surface area contributed by atoms with Crippen molar-refractivity contribution in [1.29, 1.82) is 0 Å². The first-order chi connectivity index (χ1) is 9.69. The van der Waals surface area contributed by atoms with E-state index >= 15 is 0 Å². The summed E-state index contributed by atoms with van der Waals surface area (Å²) in [5.74, 6) is 1.46. The lowest BCUT2D eigenvalue weighted by Crippen LogP contribution is -2.12. The second-order valence-electron chi connectivity index (χ2n) is 4.69. The highest BCUT2D eigenvalue weighted by Crippen LogP contribution is 2.19. The van der Waals surface area contributed by atoms with E-state index in [0.29, 0.717) is 17.3 Å². The average molecular weight is 338 g/mol. The van der Waals surface area contributed by atoms with Gasteiger partial charge in [0.15, 0.2) is 0 Å². The van der Waals surface area contributed by atoms with E-state index in [1.54, 1.807) is 0 Å². The van der Waals surface area contributed by atoms with Crippen molar-refractivity contribution >= 4 is 27.7 Å². The number of hydrogen-bond donors (Lipinski definition) is 3. The Morgan fingerprint density at radius 2 is 2.35 bits per heavy atom. The number of halogens is 1. The van der Waals surface area contributed by atoms with Crippen LogP contribution in [-0.2, 0) is 0 Å². The standard InChI is InChI=1S/C14H20BrN5/c1-10-9-18-14(20-13(10)17-8-2-7-16)19-12-5-3-11(15)4-6-12/h3,5-6,9,11H,2,4,7-8,16H2,1H3,(H2,17,18,19,20). The molecule has 0 saturated carbocycles. The predicted molar refractivity (Wildman–Crippen MR) is 87.1 cm³/mol. The van der Waals surface area contributed by atoms with Crippen molar-refractivity contribution in [2.75, 3.05) is 23.7 Å². The Labute approximate surface area is 127 Å². The van der Waals surface area contributed by atoms with Gasteiger partial charge in [-0.05, 0) is 32.4 Å². The molecule has 6 heteroatoms. The van der Waals surface area contributed by atoms with Crippen molar-refractivity contribution < 1.29 is 0 Å². The third-order valence-corrected chi connectivity index (χ3v) is 3.63. The maximum Gasteiger partial charge on any atom is 0.229 e. The Morgan fingerprint density at radius 1 is 1.50 bits per heavy atom. The van der Waals surface area contributed by atoms with E-state index in [-0.39, 0.29) is 0 Å².